The maximum Gasteiger partial charge on any atom is 0.129 e. The molecule has 2 fully saturated rings. The summed E-state index contributed by atoms with van der Waals surface area (Å²) in [5.41, 5.74) is 3.12. The Morgan fingerprint density at radius 3 is 2.68 bits per heavy atom. The molecule has 3 aliphatic rings. The number of hydroxylamine groups is 2. The van der Waals surface area contributed by atoms with Gasteiger partial charge in [-0.1, -0.05) is 41.9 Å². The topological polar surface area (TPSA) is 21.7 Å². The molecule has 4 heteroatoms. The molecule has 1 saturated heterocycles. The Hall–Kier alpha value is -1.81. The number of fused-ring (bicyclic) bond motifs is 4. The van der Waals surface area contributed by atoms with Crippen LogP contribution in [-0.4, -0.2) is 22.3 Å². The Morgan fingerprint density at radius 1 is 1.11 bits per heavy atom. The van der Waals surface area contributed by atoms with Crippen LogP contribution in [0.15, 0.2) is 54.1 Å². The molecule has 3 nitrogen and oxygen atoms in total. The standard InChI is InChI=1S/C24H26ClNO2/c1-23(2)19-11-12-24(3)20(14-17-13-18(25)9-10-21(17)27-24)22(19)26(28-23)15-16-7-5-4-6-8-16/h4-10,13-14,19,22H,11-12,15H2,1-3H3/t19-,22+,24-/m0/s1. The molecule has 0 radical (unpaired) electrons. The van der Waals surface area contributed by atoms with Crippen molar-refractivity contribution in [1.29, 1.82) is 0 Å². The molecule has 0 aromatic heterocycles. The van der Waals surface area contributed by atoms with Gasteiger partial charge in [-0.05, 0) is 69.0 Å². The fourth-order valence-corrected chi connectivity index (χ4v) is 5.33. The quantitative estimate of drug-likeness (QED) is 0.633. The summed E-state index contributed by atoms with van der Waals surface area (Å²) in [6, 6.07) is 16.6. The van der Waals surface area contributed by atoms with E-state index in [0.29, 0.717) is 5.92 Å². The molecular formula is C24H26ClNO2. The van der Waals surface area contributed by atoms with Crippen molar-refractivity contribution in [2.75, 3.05) is 0 Å². The molecule has 1 aliphatic carbocycles. The first-order valence-electron chi connectivity index (χ1n) is 10.1. The maximum absolute atomic E-state index is 6.54. The van der Waals surface area contributed by atoms with Gasteiger partial charge in [0.25, 0.3) is 0 Å². The van der Waals surface area contributed by atoms with Gasteiger partial charge in [0.2, 0.25) is 0 Å². The first-order valence-corrected chi connectivity index (χ1v) is 10.4. The zero-order valence-electron chi connectivity index (χ0n) is 16.6. The first-order chi connectivity index (χ1) is 13.4. The van der Waals surface area contributed by atoms with E-state index in [1.807, 2.05) is 18.2 Å². The van der Waals surface area contributed by atoms with Crippen LogP contribution in [0.5, 0.6) is 5.75 Å². The molecule has 5 rings (SSSR count). The van der Waals surface area contributed by atoms with Crippen molar-refractivity contribution in [1.82, 2.24) is 5.06 Å². The van der Waals surface area contributed by atoms with Crippen molar-refractivity contribution in [3.05, 3.63) is 70.3 Å². The summed E-state index contributed by atoms with van der Waals surface area (Å²) in [6.45, 7) is 7.42. The lowest BCUT2D eigenvalue weighted by molar-refractivity contribution is -0.198. The molecular weight excluding hydrogens is 370 g/mol. The van der Waals surface area contributed by atoms with E-state index in [2.05, 4.69) is 62.2 Å². The second-order valence-corrected chi connectivity index (χ2v) is 9.40. The molecule has 0 spiro atoms. The van der Waals surface area contributed by atoms with E-state index in [0.717, 1.165) is 35.7 Å². The molecule has 2 heterocycles. The van der Waals surface area contributed by atoms with Gasteiger partial charge in [-0.2, -0.15) is 5.06 Å². The third-order valence-corrected chi connectivity index (χ3v) is 6.83. The number of rotatable bonds is 2. The fourth-order valence-electron chi connectivity index (χ4n) is 5.15. The number of hydrogen-bond donors (Lipinski definition) is 0. The molecule has 146 valence electrons. The van der Waals surface area contributed by atoms with E-state index in [1.165, 1.54) is 11.1 Å². The summed E-state index contributed by atoms with van der Waals surface area (Å²) in [5, 5.41) is 2.92. The van der Waals surface area contributed by atoms with Gasteiger partial charge in [0.05, 0.1) is 11.6 Å². The molecule has 3 atom stereocenters. The van der Waals surface area contributed by atoms with Crippen LogP contribution in [0.4, 0.5) is 0 Å². The van der Waals surface area contributed by atoms with Crippen molar-refractivity contribution in [2.45, 2.75) is 57.4 Å². The molecule has 0 amide bonds. The second-order valence-electron chi connectivity index (χ2n) is 8.96. The van der Waals surface area contributed by atoms with E-state index in [4.69, 9.17) is 21.2 Å². The number of hydrogen-bond acceptors (Lipinski definition) is 3. The molecule has 1 saturated carbocycles. The monoisotopic (exact) mass is 395 g/mol. The van der Waals surface area contributed by atoms with Crippen LogP contribution >= 0.6 is 11.6 Å². The van der Waals surface area contributed by atoms with Crippen LogP contribution in [0.1, 0.15) is 44.7 Å². The van der Waals surface area contributed by atoms with Crippen LogP contribution in [0.25, 0.3) is 6.08 Å². The van der Waals surface area contributed by atoms with E-state index in [1.54, 1.807) is 0 Å². The van der Waals surface area contributed by atoms with Gasteiger partial charge < -0.3 is 4.74 Å². The van der Waals surface area contributed by atoms with Crippen LogP contribution in [0.3, 0.4) is 0 Å². The van der Waals surface area contributed by atoms with Crippen LogP contribution in [-0.2, 0) is 11.4 Å². The number of ether oxygens (including phenoxy) is 1. The molecule has 0 bridgehead atoms. The molecule has 0 N–H and O–H groups in total. The van der Waals surface area contributed by atoms with Crippen molar-refractivity contribution in [3.8, 4) is 5.75 Å². The van der Waals surface area contributed by atoms with Gasteiger partial charge in [-0.3, -0.25) is 4.84 Å². The molecule has 2 aliphatic heterocycles. The summed E-state index contributed by atoms with van der Waals surface area (Å²) < 4.78 is 6.54. The lowest BCUT2D eigenvalue weighted by atomic mass is 9.67. The maximum atomic E-state index is 6.54. The smallest absolute Gasteiger partial charge is 0.129 e. The normalized spacial score (nSPS) is 30.6. The molecule has 2 aromatic carbocycles. The van der Waals surface area contributed by atoms with E-state index in [9.17, 15) is 0 Å². The molecule has 0 unspecified atom stereocenters. The van der Waals surface area contributed by atoms with Crippen LogP contribution in [0.2, 0.25) is 5.02 Å². The van der Waals surface area contributed by atoms with Crippen molar-refractivity contribution in [2.24, 2.45) is 5.92 Å². The van der Waals surface area contributed by atoms with Gasteiger partial charge in [-0.15, -0.1) is 0 Å². The summed E-state index contributed by atoms with van der Waals surface area (Å²) in [6.07, 6.45) is 4.37. The van der Waals surface area contributed by atoms with Crippen molar-refractivity contribution >= 4 is 17.7 Å². The van der Waals surface area contributed by atoms with Gasteiger partial charge in [0.15, 0.2) is 0 Å². The lowest BCUT2D eigenvalue weighted by Gasteiger charge is -2.47. The molecule has 28 heavy (non-hydrogen) atoms. The highest BCUT2D eigenvalue weighted by Gasteiger charge is 2.57. The Kier molecular flexibility index (Phi) is 4.13. The largest absolute Gasteiger partial charge is 0.483 e. The predicted octanol–water partition coefficient (Wildman–Crippen LogP) is 5.88. The molecule has 2 aromatic rings. The minimum Gasteiger partial charge on any atom is -0.483 e. The average molecular weight is 396 g/mol. The third kappa shape index (κ3) is 2.88. The fraction of sp³-hybridized carbons (Fsp3) is 0.417. The highest BCUT2D eigenvalue weighted by molar-refractivity contribution is 6.30. The average Bonchev–Trinajstić information content (AvgIpc) is 2.91. The zero-order chi connectivity index (χ0) is 19.5. The summed E-state index contributed by atoms with van der Waals surface area (Å²) in [7, 11) is 0. The van der Waals surface area contributed by atoms with Gasteiger partial charge in [-0.25, -0.2) is 0 Å². The summed E-state index contributed by atoms with van der Waals surface area (Å²) in [4.78, 5) is 6.52. The van der Waals surface area contributed by atoms with Gasteiger partial charge in [0.1, 0.15) is 11.4 Å². The number of benzene rings is 2. The van der Waals surface area contributed by atoms with Crippen molar-refractivity contribution in [3.63, 3.8) is 0 Å². The number of halogens is 1. The van der Waals surface area contributed by atoms with Crippen LogP contribution < -0.4 is 4.74 Å². The van der Waals surface area contributed by atoms with Crippen LogP contribution in [0, 0.1) is 5.92 Å². The van der Waals surface area contributed by atoms with Gasteiger partial charge >= 0.3 is 0 Å². The second kappa shape index (κ2) is 6.35. The van der Waals surface area contributed by atoms with E-state index < -0.39 is 0 Å². The minimum atomic E-state index is -0.305. The SMILES string of the molecule is CC1(C)ON(Cc2ccccc2)[C@H]2C3=Cc4cc(Cl)ccc4O[C@@]3(C)CC[C@@H]21. The third-order valence-electron chi connectivity index (χ3n) is 6.60. The first kappa shape index (κ1) is 18.2. The zero-order valence-corrected chi connectivity index (χ0v) is 17.4. The summed E-state index contributed by atoms with van der Waals surface area (Å²) in [5.74, 6) is 1.35. The Morgan fingerprint density at radius 2 is 1.89 bits per heavy atom. The predicted molar refractivity (Wildman–Crippen MR) is 112 cm³/mol. The van der Waals surface area contributed by atoms with E-state index >= 15 is 0 Å². The lowest BCUT2D eigenvalue weighted by Crippen LogP contribution is -2.52. The summed E-state index contributed by atoms with van der Waals surface area (Å²) >= 11 is 6.26. The highest BCUT2D eigenvalue weighted by Crippen LogP contribution is 2.53. The highest BCUT2D eigenvalue weighted by atomic mass is 35.5. The Bertz CT molecular complexity index is 939. The van der Waals surface area contributed by atoms with Crippen molar-refractivity contribution < 1.29 is 9.57 Å². The minimum absolute atomic E-state index is 0.195. The Labute approximate surface area is 171 Å². The number of nitrogens with zero attached hydrogens (tertiary/aromatic N) is 1. The Balaban J connectivity index is 1.58. The van der Waals surface area contributed by atoms with E-state index in [-0.39, 0.29) is 17.2 Å². The van der Waals surface area contributed by atoms with Gasteiger partial charge in [0, 0.05) is 23.0 Å².